The fourth-order valence-corrected chi connectivity index (χ4v) is 4.05. The number of carbonyl (C=O) groups excluding carboxylic acids is 1. The summed E-state index contributed by atoms with van der Waals surface area (Å²) < 4.78 is 26.2. The SMILES string of the molecule is Cc1ccccc1N(CC(=O)NCc1ccccc1S(=O)(=O)N(C)C)C(C)C. The van der Waals surface area contributed by atoms with E-state index in [2.05, 4.69) is 5.32 Å². The average molecular weight is 404 g/mol. The zero-order valence-corrected chi connectivity index (χ0v) is 18.0. The number of aryl methyl sites for hydroxylation is 1. The molecule has 0 atom stereocenters. The summed E-state index contributed by atoms with van der Waals surface area (Å²) in [6.45, 7) is 6.45. The van der Waals surface area contributed by atoms with Gasteiger partial charge in [0.1, 0.15) is 0 Å². The van der Waals surface area contributed by atoms with E-state index in [4.69, 9.17) is 0 Å². The smallest absolute Gasteiger partial charge is 0.242 e. The minimum absolute atomic E-state index is 0.147. The van der Waals surface area contributed by atoms with Crippen LogP contribution in [-0.4, -0.2) is 45.3 Å². The zero-order chi connectivity index (χ0) is 20.9. The second-order valence-corrected chi connectivity index (χ2v) is 9.30. The van der Waals surface area contributed by atoms with Crippen molar-refractivity contribution in [3.63, 3.8) is 0 Å². The molecule has 0 fully saturated rings. The first-order valence-electron chi connectivity index (χ1n) is 9.24. The van der Waals surface area contributed by atoms with Gasteiger partial charge in [-0.15, -0.1) is 0 Å². The molecule has 2 rings (SSSR count). The topological polar surface area (TPSA) is 69.7 Å². The van der Waals surface area contributed by atoms with Crippen LogP contribution in [0.5, 0.6) is 0 Å². The molecule has 0 saturated carbocycles. The standard InChI is InChI=1S/C21H29N3O3S/c1-16(2)24(19-12-8-6-10-17(19)3)15-21(25)22-14-18-11-7-9-13-20(18)28(26,27)23(4)5/h6-13,16H,14-15H2,1-5H3,(H,22,25). The predicted molar refractivity (Wildman–Crippen MR) is 113 cm³/mol. The largest absolute Gasteiger partial charge is 0.360 e. The summed E-state index contributed by atoms with van der Waals surface area (Å²) >= 11 is 0. The molecule has 0 heterocycles. The molecule has 152 valence electrons. The molecule has 0 bridgehead atoms. The molecule has 0 unspecified atom stereocenters. The first-order valence-corrected chi connectivity index (χ1v) is 10.7. The van der Waals surface area contributed by atoms with Crippen molar-refractivity contribution in [2.45, 2.75) is 38.3 Å². The van der Waals surface area contributed by atoms with Crippen molar-refractivity contribution in [1.29, 1.82) is 0 Å². The Morgan fingerprint density at radius 3 is 2.25 bits per heavy atom. The highest BCUT2D eigenvalue weighted by atomic mass is 32.2. The maximum absolute atomic E-state index is 12.6. The van der Waals surface area contributed by atoms with Crippen molar-refractivity contribution >= 4 is 21.6 Å². The Bertz CT molecular complexity index is 924. The maximum atomic E-state index is 12.6. The average Bonchev–Trinajstić information content (AvgIpc) is 2.65. The molecule has 0 saturated heterocycles. The summed E-state index contributed by atoms with van der Waals surface area (Å²) in [5, 5.41) is 2.86. The van der Waals surface area contributed by atoms with Gasteiger partial charge in [-0.2, -0.15) is 0 Å². The molecule has 7 heteroatoms. The van der Waals surface area contributed by atoms with E-state index in [0.29, 0.717) is 5.56 Å². The highest BCUT2D eigenvalue weighted by Crippen LogP contribution is 2.22. The number of nitrogens with zero attached hydrogens (tertiary/aromatic N) is 2. The third-order valence-electron chi connectivity index (χ3n) is 4.57. The third kappa shape index (κ3) is 5.11. The van der Waals surface area contributed by atoms with Crippen LogP contribution in [0.1, 0.15) is 25.0 Å². The molecule has 28 heavy (non-hydrogen) atoms. The van der Waals surface area contributed by atoms with Gasteiger partial charge in [-0.3, -0.25) is 4.79 Å². The summed E-state index contributed by atoms with van der Waals surface area (Å²) in [6.07, 6.45) is 0. The second-order valence-electron chi connectivity index (χ2n) is 7.18. The van der Waals surface area contributed by atoms with Crippen LogP contribution >= 0.6 is 0 Å². The Kier molecular flexibility index (Phi) is 7.21. The van der Waals surface area contributed by atoms with E-state index in [1.807, 2.05) is 49.9 Å². The van der Waals surface area contributed by atoms with Gasteiger partial charge in [-0.25, -0.2) is 12.7 Å². The van der Waals surface area contributed by atoms with Crippen LogP contribution in [0, 0.1) is 6.92 Å². The van der Waals surface area contributed by atoms with Crippen LogP contribution in [0.15, 0.2) is 53.4 Å². The zero-order valence-electron chi connectivity index (χ0n) is 17.1. The van der Waals surface area contributed by atoms with E-state index in [0.717, 1.165) is 11.3 Å². The van der Waals surface area contributed by atoms with Gasteiger partial charge in [0.15, 0.2) is 0 Å². The van der Waals surface area contributed by atoms with E-state index >= 15 is 0 Å². The Labute approximate surface area is 168 Å². The monoisotopic (exact) mass is 403 g/mol. The molecule has 0 aliphatic carbocycles. The lowest BCUT2D eigenvalue weighted by Gasteiger charge is -2.29. The molecular weight excluding hydrogens is 374 g/mol. The van der Waals surface area contributed by atoms with Gasteiger partial charge in [0, 0.05) is 32.4 Å². The van der Waals surface area contributed by atoms with Gasteiger partial charge in [0.05, 0.1) is 11.4 Å². The fraction of sp³-hybridized carbons (Fsp3) is 0.381. The molecule has 0 aromatic heterocycles. The molecule has 0 spiro atoms. The molecule has 6 nitrogen and oxygen atoms in total. The molecule has 0 aliphatic heterocycles. The number of anilines is 1. The van der Waals surface area contributed by atoms with E-state index in [1.54, 1.807) is 24.3 Å². The molecule has 1 amide bonds. The van der Waals surface area contributed by atoms with E-state index in [-0.39, 0.29) is 29.9 Å². The van der Waals surface area contributed by atoms with E-state index in [9.17, 15) is 13.2 Å². The molecule has 2 aromatic carbocycles. The molecule has 0 aliphatic rings. The summed E-state index contributed by atoms with van der Waals surface area (Å²) in [6, 6.07) is 14.8. The Morgan fingerprint density at radius 1 is 1.04 bits per heavy atom. The van der Waals surface area contributed by atoms with Crippen molar-refractivity contribution in [1.82, 2.24) is 9.62 Å². The minimum atomic E-state index is -3.57. The third-order valence-corrected chi connectivity index (χ3v) is 6.48. The minimum Gasteiger partial charge on any atom is -0.360 e. The summed E-state index contributed by atoms with van der Waals surface area (Å²) in [5.41, 5.74) is 2.69. The maximum Gasteiger partial charge on any atom is 0.242 e. The first kappa shape index (κ1) is 21.9. The summed E-state index contributed by atoms with van der Waals surface area (Å²) in [5.74, 6) is -0.158. The van der Waals surface area contributed by atoms with Crippen molar-refractivity contribution in [2.24, 2.45) is 0 Å². The molecule has 0 radical (unpaired) electrons. The molecule has 2 aromatic rings. The number of carbonyl (C=O) groups is 1. The number of hydrogen-bond acceptors (Lipinski definition) is 4. The number of sulfonamides is 1. The second kappa shape index (κ2) is 9.21. The van der Waals surface area contributed by atoms with Gasteiger partial charge in [-0.05, 0) is 44.0 Å². The number of amides is 1. The Morgan fingerprint density at radius 2 is 1.64 bits per heavy atom. The predicted octanol–water partition coefficient (Wildman–Crippen LogP) is 2.78. The lowest BCUT2D eigenvalue weighted by molar-refractivity contribution is -0.120. The van der Waals surface area contributed by atoms with Crippen LogP contribution in [0.25, 0.3) is 0 Å². The fourth-order valence-electron chi connectivity index (χ4n) is 2.93. The molecule has 1 N–H and O–H groups in total. The summed E-state index contributed by atoms with van der Waals surface area (Å²) in [7, 11) is -0.582. The lowest BCUT2D eigenvalue weighted by atomic mass is 10.1. The number of nitrogens with one attached hydrogen (secondary N) is 1. The van der Waals surface area contributed by atoms with E-state index < -0.39 is 10.0 Å². The van der Waals surface area contributed by atoms with Crippen LogP contribution < -0.4 is 10.2 Å². The first-order chi connectivity index (χ1) is 13.1. The number of hydrogen-bond donors (Lipinski definition) is 1. The van der Waals surface area contributed by atoms with Crippen molar-refractivity contribution < 1.29 is 13.2 Å². The Balaban J connectivity index is 2.14. The number of rotatable bonds is 8. The van der Waals surface area contributed by atoms with Crippen LogP contribution in [0.3, 0.4) is 0 Å². The van der Waals surface area contributed by atoms with Gasteiger partial charge >= 0.3 is 0 Å². The van der Waals surface area contributed by atoms with Crippen molar-refractivity contribution in [3.05, 3.63) is 59.7 Å². The Hall–Kier alpha value is -2.38. The highest BCUT2D eigenvalue weighted by Gasteiger charge is 2.21. The quantitative estimate of drug-likeness (QED) is 0.736. The number of para-hydroxylation sites is 1. The van der Waals surface area contributed by atoms with Crippen LogP contribution in [0.4, 0.5) is 5.69 Å². The normalized spacial score (nSPS) is 11.7. The van der Waals surface area contributed by atoms with Crippen LogP contribution in [0.2, 0.25) is 0 Å². The molecular formula is C21H29N3O3S. The van der Waals surface area contributed by atoms with Crippen LogP contribution in [-0.2, 0) is 21.4 Å². The van der Waals surface area contributed by atoms with E-state index in [1.165, 1.54) is 18.4 Å². The van der Waals surface area contributed by atoms with Gasteiger partial charge in [-0.1, -0.05) is 36.4 Å². The summed E-state index contributed by atoms with van der Waals surface area (Å²) in [4.78, 5) is 14.8. The lowest BCUT2D eigenvalue weighted by Crippen LogP contribution is -2.41. The van der Waals surface area contributed by atoms with Gasteiger partial charge in [0.2, 0.25) is 15.9 Å². The van der Waals surface area contributed by atoms with Crippen molar-refractivity contribution in [3.8, 4) is 0 Å². The van der Waals surface area contributed by atoms with Crippen molar-refractivity contribution in [2.75, 3.05) is 25.5 Å². The number of benzene rings is 2. The van der Waals surface area contributed by atoms with Gasteiger partial charge < -0.3 is 10.2 Å². The van der Waals surface area contributed by atoms with Gasteiger partial charge in [0.25, 0.3) is 0 Å². The highest BCUT2D eigenvalue weighted by molar-refractivity contribution is 7.89.